The lowest BCUT2D eigenvalue weighted by atomic mass is 10.1. The van der Waals surface area contributed by atoms with Gasteiger partial charge in [-0.2, -0.15) is 0 Å². The predicted molar refractivity (Wildman–Crippen MR) is 38.3 cm³/mol. The summed E-state index contributed by atoms with van der Waals surface area (Å²) >= 11 is 0. The molecule has 0 amide bonds. The minimum absolute atomic E-state index is 0.337. The quantitative estimate of drug-likeness (QED) is 0.556. The van der Waals surface area contributed by atoms with E-state index < -0.39 is 0 Å². The van der Waals surface area contributed by atoms with Crippen molar-refractivity contribution in [3.63, 3.8) is 0 Å². The van der Waals surface area contributed by atoms with Crippen molar-refractivity contribution < 1.29 is 1.37 Å². The van der Waals surface area contributed by atoms with Crippen LogP contribution < -0.4 is 0 Å². The van der Waals surface area contributed by atoms with Crippen molar-refractivity contribution in [2.45, 2.75) is 19.8 Å². The highest BCUT2D eigenvalue weighted by molar-refractivity contribution is 5.12. The second-order valence-electron chi connectivity index (χ2n) is 2.38. The Hall–Kier alpha value is -0.850. The summed E-state index contributed by atoms with van der Waals surface area (Å²) in [7, 11) is 0. The number of hydrogen-bond donors (Lipinski definition) is 0. The molecule has 0 bridgehead atoms. The number of rotatable bonds is 1. The van der Waals surface area contributed by atoms with Gasteiger partial charge in [0.1, 0.15) is 0 Å². The molecule has 0 saturated carbocycles. The lowest BCUT2D eigenvalue weighted by Crippen LogP contribution is -1.85. The molecule has 0 spiro atoms. The molecule has 0 aliphatic heterocycles. The second kappa shape index (κ2) is 2.62. The Morgan fingerprint density at radius 1 is 1.67 bits per heavy atom. The Bertz CT molecular complexity index is 203. The van der Waals surface area contributed by atoms with Crippen molar-refractivity contribution in [2.75, 3.05) is 0 Å². The smallest absolute Gasteiger partial charge is 0.0840 e. The van der Waals surface area contributed by atoms with Gasteiger partial charge in [0.05, 0.1) is 1.37 Å². The summed E-state index contributed by atoms with van der Waals surface area (Å²) in [5.41, 5.74) is 1.19. The fraction of sp³-hybridized carbons (Fsp3) is 0.375. The highest BCUT2D eigenvalue weighted by Crippen LogP contribution is 2.10. The number of aromatic nitrogens is 1. The first-order valence-corrected chi connectivity index (χ1v) is 3.12. The van der Waals surface area contributed by atoms with Gasteiger partial charge in [-0.1, -0.05) is 19.9 Å². The Balaban J connectivity index is 2.89. The summed E-state index contributed by atoms with van der Waals surface area (Å²) in [5.74, 6) is 0.507. The summed E-state index contributed by atoms with van der Waals surface area (Å²) in [6.45, 7) is 4.22. The summed E-state index contributed by atoms with van der Waals surface area (Å²) < 4.78 is 7.12. The van der Waals surface area contributed by atoms with Gasteiger partial charge in [0.15, 0.2) is 0 Å². The maximum atomic E-state index is 7.12. The normalized spacial score (nSPS) is 11.7. The minimum atomic E-state index is 0.337. The molecule has 0 saturated heterocycles. The SMILES string of the molecule is [2H]c1ccc(C(C)C)cn1. The molecule has 0 aromatic carbocycles. The van der Waals surface area contributed by atoms with Gasteiger partial charge in [-0.05, 0) is 17.5 Å². The molecule has 48 valence electrons. The fourth-order valence-corrected chi connectivity index (χ4v) is 0.673. The van der Waals surface area contributed by atoms with E-state index in [4.69, 9.17) is 1.37 Å². The van der Waals surface area contributed by atoms with Crippen LogP contribution in [0.3, 0.4) is 0 Å². The van der Waals surface area contributed by atoms with Crippen LogP contribution in [0.15, 0.2) is 24.5 Å². The number of nitrogens with zero attached hydrogens (tertiary/aromatic N) is 1. The third-order valence-corrected chi connectivity index (χ3v) is 1.31. The molecule has 0 aliphatic rings. The standard InChI is InChI=1S/C8H11N/c1-7(2)8-4-3-5-9-6-8/h3-7H,1-2H3/i5D. The van der Waals surface area contributed by atoms with Crippen molar-refractivity contribution in [3.05, 3.63) is 30.1 Å². The van der Waals surface area contributed by atoms with E-state index in [1.54, 1.807) is 12.3 Å². The van der Waals surface area contributed by atoms with Crippen LogP contribution in [0.1, 0.15) is 26.7 Å². The van der Waals surface area contributed by atoms with Gasteiger partial charge in [0.25, 0.3) is 0 Å². The molecule has 1 aromatic heterocycles. The second-order valence-corrected chi connectivity index (χ2v) is 2.38. The number of pyridine rings is 1. The van der Waals surface area contributed by atoms with Gasteiger partial charge in [0, 0.05) is 12.4 Å². The van der Waals surface area contributed by atoms with Crippen molar-refractivity contribution in [2.24, 2.45) is 0 Å². The van der Waals surface area contributed by atoms with Gasteiger partial charge in [0.2, 0.25) is 0 Å². The maximum absolute atomic E-state index is 7.12. The molecule has 0 N–H and O–H groups in total. The molecule has 9 heavy (non-hydrogen) atoms. The van der Waals surface area contributed by atoms with E-state index in [1.807, 2.05) is 6.07 Å². The highest BCUT2D eigenvalue weighted by Gasteiger charge is 1.94. The topological polar surface area (TPSA) is 12.9 Å². The maximum Gasteiger partial charge on any atom is 0.0840 e. The Morgan fingerprint density at radius 3 is 2.89 bits per heavy atom. The Labute approximate surface area is 57.2 Å². The first-order chi connectivity index (χ1) is 4.70. The molecular formula is C8H11N. The number of hydrogen-bond acceptors (Lipinski definition) is 1. The van der Waals surface area contributed by atoms with Crippen LogP contribution in [0.5, 0.6) is 0 Å². The van der Waals surface area contributed by atoms with Gasteiger partial charge in [-0.3, -0.25) is 4.98 Å². The third kappa shape index (κ3) is 1.53. The first kappa shape index (κ1) is 4.98. The van der Waals surface area contributed by atoms with E-state index >= 15 is 0 Å². The molecule has 0 aliphatic carbocycles. The van der Waals surface area contributed by atoms with Crippen LogP contribution in [0.25, 0.3) is 0 Å². The van der Waals surface area contributed by atoms with Crippen molar-refractivity contribution in [3.8, 4) is 0 Å². The average Bonchev–Trinajstić information content (AvgIpc) is 1.88. The predicted octanol–water partition coefficient (Wildman–Crippen LogP) is 2.21. The van der Waals surface area contributed by atoms with Crippen LogP contribution in [-0.4, -0.2) is 4.98 Å². The van der Waals surface area contributed by atoms with E-state index in [0.29, 0.717) is 12.1 Å². The van der Waals surface area contributed by atoms with Crippen molar-refractivity contribution in [1.29, 1.82) is 0 Å². The van der Waals surface area contributed by atoms with Gasteiger partial charge >= 0.3 is 0 Å². The van der Waals surface area contributed by atoms with E-state index in [1.165, 1.54) is 5.56 Å². The molecule has 1 rings (SSSR count). The van der Waals surface area contributed by atoms with Crippen LogP contribution in [0.4, 0.5) is 0 Å². The van der Waals surface area contributed by atoms with Gasteiger partial charge in [-0.15, -0.1) is 0 Å². The van der Waals surface area contributed by atoms with Gasteiger partial charge < -0.3 is 0 Å². The molecule has 0 radical (unpaired) electrons. The monoisotopic (exact) mass is 122 g/mol. The molecule has 0 unspecified atom stereocenters. The molecule has 0 atom stereocenters. The first-order valence-electron chi connectivity index (χ1n) is 3.62. The lowest BCUT2D eigenvalue weighted by molar-refractivity contribution is 0.858. The molecule has 1 heterocycles. The van der Waals surface area contributed by atoms with E-state index in [9.17, 15) is 0 Å². The van der Waals surface area contributed by atoms with Crippen LogP contribution in [-0.2, 0) is 0 Å². The minimum Gasteiger partial charge on any atom is -0.264 e. The highest BCUT2D eigenvalue weighted by atomic mass is 14.6. The fourth-order valence-electron chi connectivity index (χ4n) is 0.673. The van der Waals surface area contributed by atoms with Crippen LogP contribution in [0, 0.1) is 0 Å². The van der Waals surface area contributed by atoms with Crippen LogP contribution >= 0.6 is 0 Å². The molecule has 1 aromatic rings. The Morgan fingerprint density at radius 2 is 2.44 bits per heavy atom. The van der Waals surface area contributed by atoms with E-state index in [-0.39, 0.29) is 0 Å². The van der Waals surface area contributed by atoms with E-state index in [0.717, 1.165) is 0 Å². The zero-order valence-corrected chi connectivity index (χ0v) is 5.76. The zero-order chi connectivity index (χ0) is 7.56. The summed E-state index contributed by atoms with van der Waals surface area (Å²) in [4.78, 5) is 3.87. The summed E-state index contributed by atoms with van der Waals surface area (Å²) in [5, 5.41) is 0. The molecule has 1 heteroatoms. The largest absolute Gasteiger partial charge is 0.264 e. The molecular weight excluding hydrogens is 110 g/mol. The van der Waals surface area contributed by atoms with Crippen molar-refractivity contribution >= 4 is 0 Å². The van der Waals surface area contributed by atoms with Crippen LogP contribution in [0.2, 0.25) is 0 Å². The zero-order valence-electron chi connectivity index (χ0n) is 6.76. The average molecular weight is 122 g/mol. The summed E-state index contributed by atoms with van der Waals surface area (Å²) in [6, 6.07) is 3.66. The van der Waals surface area contributed by atoms with Gasteiger partial charge in [-0.25, -0.2) is 0 Å². The molecule has 1 nitrogen and oxygen atoms in total. The molecule has 0 fully saturated rings. The summed E-state index contributed by atoms with van der Waals surface area (Å²) in [6.07, 6.45) is 2.09. The van der Waals surface area contributed by atoms with Crippen molar-refractivity contribution in [1.82, 2.24) is 4.98 Å². The Kier molecular flexibility index (Phi) is 1.45. The van der Waals surface area contributed by atoms with E-state index in [2.05, 4.69) is 18.8 Å². The lowest BCUT2D eigenvalue weighted by Gasteiger charge is -2.00. The third-order valence-electron chi connectivity index (χ3n) is 1.31.